The molecule has 1 aliphatic heterocycles. The van der Waals surface area contributed by atoms with Crippen molar-refractivity contribution in [1.82, 2.24) is 0 Å². The summed E-state index contributed by atoms with van der Waals surface area (Å²) in [5, 5.41) is 31.8. The monoisotopic (exact) mass is 545 g/mol. The highest BCUT2D eigenvalue weighted by Gasteiger charge is 2.42. The van der Waals surface area contributed by atoms with E-state index in [1.54, 1.807) is 0 Å². The first-order chi connectivity index (χ1) is 18.2. The van der Waals surface area contributed by atoms with E-state index in [1.165, 1.54) is 13.8 Å². The van der Waals surface area contributed by atoms with Crippen LogP contribution in [-0.4, -0.2) is 84.2 Å². The number of nitrogens with two attached hydrogens (primary N) is 2. The van der Waals surface area contributed by atoms with Crippen LogP contribution < -0.4 is 11.1 Å². The Kier molecular flexibility index (Phi) is 15.1. The lowest BCUT2D eigenvalue weighted by Gasteiger charge is -2.44. The molecule has 2 rings (SSSR count). The molecule has 0 aromatic rings. The second kappa shape index (κ2) is 17.4. The third-order valence-electron chi connectivity index (χ3n) is 8.48. The Hall–Kier alpha value is -1.30. The minimum Gasteiger partial charge on any atom is -0.462 e. The molecule has 9 atom stereocenters. The van der Waals surface area contributed by atoms with Gasteiger partial charge >= 0.3 is 11.9 Å². The van der Waals surface area contributed by atoms with Crippen LogP contribution in [0.25, 0.3) is 0 Å². The summed E-state index contributed by atoms with van der Waals surface area (Å²) >= 11 is 0. The minimum atomic E-state index is -0.583. The van der Waals surface area contributed by atoms with Gasteiger partial charge in [-0.05, 0) is 68.6 Å². The maximum atomic E-state index is 12.0. The summed E-state index contributed by atoms with van der Waals surface area (Å²) in [5.41, 5.74) is 6.26. The quantitative estimate of drug-likeness (QED) is 0.177. The lowest BCUT2D eigenvalue weighted by Crippen LogP contribution is -2.94. The van der Waals surface area contributed by atoms with Gasteiger partial charge in [0.1, 0.15) is 18.4 Å². The molecule has 0 aromatic heterocycles. The number of aliphatic hydroxyl groups is 3. The fourth-order valence-corrected chi connectivity index (χ4v) is 6.48. The highest BCUT2D eigenvalue weighted by Crippen LogP contribution is 2.42. The summed E-state index contributed by atoms with van der Waals surface area (Å²) in [5.74, 6) is 0.358. The first kappa shape index (κ1) is 32.9. The molecule has 1 aliphatic carbocycles. The van der Waals surface area contributed by atoms with Crippen molar-refractivity contribution in [2.75, 3.05) is 26.4 Å². The molecule has 1 saturated heterocycles. The molecule has 0 amide bonds. The molecule has 7 N–H and O–H groups in total. The van der Waals surface area contributed by atoms with Crippen LogP contribution in [0.1, 0.15) is 85.0 Å². The predicted octanol–water partition coefficient (Wildman–Crippen LogP) is 0.842. The summed E-state index contributed by atoms with van der Waals surface area (Å²) in [7, 11) is 0. The average Bonchev–Trinajstić information content (AvgIpc) is 2.86. The van der Waals surface area contributed by atoms with Gasteiger partial charge in [0.15, 0.2) is 0 Å². The van der Waals surface area contributed by atoms with E-state index in [0.29, 0.717) is 38.0 Å². The van der Waals surface area contributed by atoms with Crippen molar-refractivity contribution in [2.24, 2.45) is 29.4 Å². The van der Waals surface area contributed by atoms with Crippen molar-refractivity contribution in [3.8, 4) is 0 Å². The van der Waals surface area contributed by atoms with Crippen molar-refractivity contribution in [2.45, 2.75) is 116 Å². The first-order valence-corrected chi connectivity index (χ1v) is 14.6. The molecular formula is C28H53N2O8+. The minimum absolute atomic E-state index is 0.0686. The van der Waals surface area contributed by atoms with E-state index in [9.17, 15) is 24.9 Å². The van der Waals surface area contributed by atoms with Crippen LogP contribution in [-0.2, 0) is 23.8 Å². The van der Waals surface area contributed by atoms with E-state index in [2.05, 4.69) is 5.32 Å². The molecule has 1 heterocycles. The second-order valence-electron chi connectivity index (χ2n) is 11.4. The predicted molar refractivity (Wildman–Crippen MR) is 142 cm³/mol. The summed E-state index contributed by atoms with van der Waals surface area (Å²) in [6, 6.07) is 0. The Balaban J connectivity index is 2.12. The summed E-state index contributed by atoms with van der Waals surface area (Å²) in [6.07, 6.45) is 5.59. The number of hydrogen-bond donors (Lipinski definition) is 5. The molecule has 1 saturated carbocycles. The van der Waals surface area contributed by atoms with E-state index < -0.39 is 18.3 Å². The zero-order chi connectivity index (χ0) is 28.1. The van der Waals surface area contributed by atoms with Gasteiger partial charge in [-0.25, -0.2) is 0 Å². The third-order valence-corrected chi connectivity index (χ3v) is 8.48. The normalized spacial score (nSPS) is 30.3. The van der Waals surface area contributed by atoms with Gasteiger partial charge in [-0.15, -0.1) is 0 Å². The van der Waals surface area contributed by atoms with Gasteiger partial charge in [-0.1, -0.05) is 13.3 Å². The van der Waals surface area contributed by atoms with Gasteiger partial charge in [0.25, 0.3) is 0 Å². The number of aliphatic hydroxyl groups excluding tert-OH is 3. The van der Waals surface area contributed by atoms with Crippen molar-refractivity contribution in [1.29, 1.82) is 0 Å². The number of esters is 2. The highest BCUT2D eigenvalue weighted by molar-refractivity contribution is 5.66. The topological polar surface area (TPSA) is 165 Å². The Morgan fingerprint density at radius 1 is 1.03 bits per heavy atom. The van der Waals surface area contributed by atoms with Gasteiger partial charge in [-0.2, -0.15) is 0 Å². The van der Waals surface area contributed by atoms with E-state index in [0.717, 1.165) is 38.6 Å². The van der Waals surface area contributed by atoms with Crippen LogP contribution in [0.3, 0.4) is 0 Å². The van der Waals surface area contributed by atoms with Crippen LogP contribution in [0.15, 0.2) is 0 Å². The standard InChI is InChI=1S/C28H52N2O8/c1-4-20(17-32)5-7-23(37-18(2)33)15-24(38-19(3)34)8-6-21-13-27(36-12-11-31)26(35)16-25(21)22-9-10-30-28(29)14-22/h20-28,30-32,35H,4-17,29H2,1-3H3/p+1/t20-,21?,22?,23-,24+,25?,26?,27?,28?/m0/s1. The smallest absolute Gasteiger partial charge is 0.302 e. The number of ether oxygens (including phenoxy) is 3. The largest absolute Gasteiger partial charge is 0.462 e. The highest BCUT2D eigenvalue weighted by atomic mass is 16.6. The summed E-state index contributed by atoms with van der Waals surface area (Å²) in [6.45, 7) is 5.96. The molecule has 222 valence electrons. The molecule has 2 fully saturated rings. The Bertz CT molecular complexity index is 692. The van der Waals surface area contributed by atoms with Gasteiger partial charge in [0.2, 0.25) is 0 Å². The maximum absolute atomic E-state index is 12.0. The van der Waals surface area contributed by atoms with Crippen LogP contribution in [0, 0.1) is 23.7 Å². The van der Waals surface area contributed by atoms with E-state index >= 15 is 0 Å². The van der Waals surface area contributed by atoms with Crippen molar-refractivity contribution >= 4 is 11.9 Å². The van der Waals surface area contributed by atoms with Crippen molar-refractivity contribution in [3.63, 3.8) is 0 Å². The number of carbonyl (C=O) groups is 2. The third kappa shape index (κ3) is 11.4. The van der Waals surface area contributed by atoms with Crippen LogP contribution in [0.2, 0.25) is 0 Å². The van der Waals surface area contributed by atoms with Crippen LogP contribution in [0.4, 0.5) is 0 Å². The molecule has 38 heavy (non-hydrogen) atoms. The number of rotatable bonds is 16. The first-order valence-electron chi connectivity index (χ1n) is 14.6. The molecule has 0 bridgehead atoms. The number of hydrogen-bond acceptors (Lipinski definition) is 9. The molecule has 0 spiro atoms. The lowest BCUT2D eigenvalue weighted by atomic mass is 9.66. The van der Waals surface area contributed by atoms with Gasteiger partial charge < -0.3 is 34.8 Å². The fraction of sp³-hybridized carbons (Fsp3) is 0.929. The Morgan fingerprint density at radius 2 is 1.71 bits per heavy atom. The fourth-order valence-electron chi connectivity index (χ4n) is 6.48. The number of quaternary nitrogens is 1. The Morgan fingerprint density at radius 3 is 2.29 bits per heavy atom. The molecule has 2 aliphatic rings. The number of piperidine rings is 1. The molecular weight excluding hydrogens is 492 g/mol. The van der Waals surface area contributed by atoms with E-state index in [-0.39, 0.29) is 61.8 Å². The van der Waals surface area contributed by atoms with Gasteiger partial charge in [0.05, 0.1) is 32.0 Å². The zero-order valence-electron chi connectivity index (χ0n) is 23.6. The van der Waals surface area contributed by atoms with Gasteiger partial charge in [-0.3, -0.25) is 15.3 Å². The molecule has 10 nitrogen and oxygen atoms in total. The Labute approximate surface area is 228 Å². The SMILES string of the molecule is CC[C@H](CO)CC[C@@H](C[C@@H](CCC1CC(OCCO)C(O)CC1C1CC[NH2+]C(N)C1)OC(C)=O)OC(C)=O. The lowest BCUT2D eigenvalue weighted by molar-refractivity contribution is -0.699. The van der Waals surface area contributed by atoms with Crippen molar-refractivity contribution < 1.29 is 44.4 Å². The summed E-state index contributed by atoms with van der Waals surface area (Å²) in [4.78, 5) is 23.8. The molecule has 10 heteroatoms. The average molecular weight is 546 g/mol. The molecule has 6 unspecified atom stereocenters. The number of carbonyl (C=O) groups excluding carboxylic acids is 2. The van der Waals surface area contributed by atoms with E-state index in [1.807, 2.05) is 6.92 Å². The maximum Gasteiger partial charge on any atom is 0.302 e. The zero-order valence-corrected chi connectivity index (χ0v) is 23.6. The van der Waals surface area contributed by atoms with E-state index in [4.69, 9.17) is 19.9 Å². The molecule has 0 radical (unpaired) electrons. The van der Waals surface area contributed by atoms with Crippen LogP contribution in [0.5, 0.6) is 0 Å². The van der Waals surface area contributed by atoms with Gasteiger partial charge in [0, 0.05) is 33.3 Å². The van der Waals surface area contributed by atoms with Crippen LogP contribution >= 0.6 is 0 Å². The second-order valence-corrected chi connectivity index (χ2v) is 11.4. The van der Waals surface area contributed by atoms with Crippen molar-refractivity contribution in [3.05, 3.63) is 0 Å². The molecule has 0 aromatic carbocycles. The summed E-state index contributed by atoms with van der Waals surface area (Å²) < 4.78 is 17.1.